The second kappa shape index (κ2) is 18.1. The fourth-order valence-corrected chi connectivity index (χ4v) is 6.21. The van der Waals surface area contributed by atoms with Crippen molar-refractivity contribution in [2.75, 3.05) is 72.3 Å². The molecule has 1 saturated heterocycles. The van der Waals surface area contributed by atoms with Gasteiger partial charge >= 0.3 is 5.97 Å². The molecule has 0 amide bonds. The molecular weight excluding hydrogens is 624 g/mol. The van der Waals surface area contributed by atoms with Crippen molar-refractivity contribution < 1.29 is 23.8 Å². The van der Waals surface area contributed by atoms with Crippen molar-refractivity contribution in [3.8, 4) is 6.07 Å². The number of Topliss-reactive ketones (excluding diaryl/α,β-unsaturated/α-hetero) is 1. The van der Waals surface area contributed by atoms with Crippen molar-refractivity contribution >= 4 is 17.3 Å². The smallest absolute Gasteiger partial charge is 0.308 e. The highest BCUT2D eigenvalue weighted by Gasteiger charge is 2.33. The first kappa shape index (κ1) is 37.8. The zero-order valence-electron chi connectivity index (χ0n) is 29.4. The molecule has 1 aliphatic heterocycles. The Kier molecular flexibility index (Phi) is 13.9. The van der Waals surface area contributed by atoms with Crippen molar-refractivity contribution in [1.82, 2.24) is 19.8 Å². The zero-order valence-corrected chi connectivity index (χ0v) is 29.4. The monoisotopic (exact) mass is 674 g/mol. The highest BCUT2D eigenvalue weighted by atomic mass is 16.5. The van der Waals surface area contributed by atoms with E-state index in [0.29, 0.717) is 33.0 Å². The lowest BCUT2D eigenvalue weighted by molar-refractivity contribution is -0.145. The molecule has 1 fully saturated rings. The van der Waals surface area contributed by atoms with Gasteiger partial charge in [0.25, 0.3) is 0 Å². The number of rotatable bonds is 18. The molecule has 2 heterocycles. The van der Waals surface area contributed by atoms with Crippen molar-refractivity contribution in [3.05, 3.63) is 69.1 Å². The number of carbonyl (C=O) groups is 2. The maximum absolute atomic E-state index is 13.2. The van der Waals surface area contributed by atoms with Gasteiger partial charge in [-0.25, -0.2) is 4.98 Å². The Bertz CT molecular complexity index is 1540. The highest BCUT2D eigenvalue weighted by Crippen LogP contribution is 2.40. The Labute approximate surface area is 289 Å². The van der Waals surface area contributed by atoms with E-state index in [1.165, 1.54) is 17.3 Å². The van der Waals surface area contributed by atoms with Gasteiger partial charge in [0.2, 0.25) is 5.78 Å². The molecule has 0 bridgehead atoms. The Morgan fingerprint density at radius 3 is 2.55 bits per heavy atom. The number of piperazine rings is 1. The molecule has 0 spiro atoms. The Morgan fingerprint density at radius 1 is 1.12 bits per heavy atom. The Balaban J connectivity index is 1.29. The molecule has 49 heavy (non-hydrogen) atoms. The van der Waals surface area contributed by atoms with Gasteiger partial charge in [0.05, 0.1) is 39.0 Å². The van der Waals surface area contributed by atoms with Gasteiger partial charge in [0.1, 0.15) is 18.4 Å². The van der Waals surface area contributed by atoms with Crippen LogP contribution in [0.15, 0.2) is 35.6 Å². The molecule has 0 radical (unpaired) electrons. The number of allylic oxidation sites excluding steroid dienone is 2. The molecule has 1 N–H and O–H groups in total. The van der Waals surface area contributed by atoms with Crippen LogP contribution in [-0.2, 0) is 31.0 Å². The maximum Gasteiger partial charge on any atom is 0.308 e. The summed E-state index contributed by atoms with van der Waals surface area (Å²) in [6.45, 7) is 15.3. The third-order valence-electron chi connectivity index (χ3n) is 9.50. The minimum Gasteiger partial charge on any atom is -0.464 e. The molecule has 1 aromatic carbocycles. The average Bonchev–Trinajstić information content (AvgIpc) is 3.58. The highest BCUT2D eigenvalue weighted by molar-refractivity contribution is 5.95. The fourth-order valence-electron chi connectivity index (χ4n) is 6.21. The predicted octanol–water partition coefficient (Wildman–Crippen LogP) is 5.43. The summed E-state index contributed by atoms with van der Waals surface area (Å²) in [5, 5.41) is 12.5. The summed E-state index contributed by atoms with van der Waals surface area (Å²) in [7, 11) is 0. The number of imidazole rings is 1. The molecule has 2 aliphatic rings. The molecule has 2 aromatic rings. The lowest BCUT2D eigenvalue weighted by atomic mass is 9.75. The number of H-pyrrole nitrogens is 1. The van der Waals surface area contributed by atoms with Crippen LogP contribution in [-0.4, -0.2) is 104 Å². The van der Waals surface area contributed by atoms with Crippen LogP contribution in [0.1, 0.15) is 86.4 Å². The summed E-state index contributed by atoms with van der Waals surface area (Å²) in [6, 6.07) is 8.53. The number of ketones is 1. The largest absolute Gasteiger partial charge is 0.464 e. The Morgan fingerprint density at radius 2 is 1.88 bits per heavy atom. The number of esters is 1. The van der Waals surface area contributed by atoms with E-state index in [-0.39, 0.29) is 60.2 Å². The zero-order chi connectivity index (χ0) is 35.3. The second-order valence-corrected chi connectivity index (χ2v) is 13.9. The summed E-state index contributed by atoms with van der Waals surface area (Å²) >= 11 is 0. The molecule has 0 unspecified atom stereocenters. The van der Waals surface area contributed by atoms with E-state index in [0.717, 1.165) is 56.6 Å². The number of azide groups is 1. The summed E-state index contributed by atoms with van der Waals surface area (Å²) in [6.07, 6.45) is 7.19. The molecule has 264 valence electrons. The van der Waals surface area contributed by atoms with E-state index in [2.05, 4.69) is 81.8 Å². The minimum absolute atomic E-state index is 0.136. The van der Waals surface area contributed by atoms with E-state index < -0.39 is 0 Å². The molecule has 0 saturated carbocycles. The number of aromatic nitrogens is 2. The second-order valence-electron chi connectivity index (χ2n) is 13.9. The SMILES string of the molecule is CC1(C)CC=C(c2cc(C(C)(C)N3CCN(CCOC(=O)CCOCCOCCN=[N+]=[N-])CC3)ccc2CC(=O)c2ncc(C#N)[nH]2)CC1. The molecular formula is C36H50N8O5. The van der Waals surface area contributed by atoms with Crippen LogP contribution in [0, 0.1) is 16.7 Å². The number of nitriles is 1. The van der Waals surface area contributed by atoms with Crippen LogP contribution in [0.2, 0.25) is 0 Å². The lowest BCUT2D eigenvalue weighted by Crippen LogP contribution is -2.53. The van der Waals surface area contributed by atoms with Gasteiger partial charge in [0.15, 0.2) is 5.82 Å². The van der Waals surface area contributed by atoms with Crippen LogP contribution in [0.4, 0.5) is 0 Å². The minimum atomic E-state index is -0.280. The number of nitrogens with one attached hydrogen (secondary N) is 1. The summed E-state index contributed by atoms with van der Waals surface area (Å²) in [5.41, 5.74) is 13.1. The van der Waals surface area contributed by atoms with Gasteiger partial charge in [-0.15, -0.1) is 0 Å². The fraction of sp³-hybridized carbons (Fsp3) is 0.611. The number of ether oxygens (including phenoxy) is 3. The lowest BCUT2D eigenvalue weighted by Gasteiger charge is -2.44. The van der Waals surface area contributed by atoms with Crippen molar-refractivity contribution in [1.29, 1.82) is 5.26 Å². The molecule has 13 heteroatoms. The van der Waals surface area contributed by atoms with Crippen LogP contribution in [0.25, 0.3) is 16.0 Å². The van der Waals surface area contributed by atoms with Gasteiger partial charge in [-0.3, -0.25) is 19.4 Å². The van der Waals surface area contributed by atoms with E-state index in [4.69, 9.17) is 25.0 Å². The van der Waals surface area contributed by atoms with Gasteiger partial charge in [-0.2, -0.15) is 5.26 Å². The first-order valence-corrected chi connectivity index (χ1v) is 17.1. The van der Waals surface area contributed by atoms with Crippen molar-refractivity contribution in [2.45, 2.75) is 65.3 Å². The number of hydrogen-bond acceptors (Lipinski definition) is 10. The van der Waals surface area contributed by atoms with E-state index >= 15 is 0 Å². The third kappa shape index (κ3) is 11.2. The van der Waals surface area contributed by atoms with Gasteiger partial charge in [0, 0.05) is 56.1 Å². The summed E-state index contributed by atoms with van der Waals surface area (Å²) in [4.78, 5) is 39.8. The molecule has 13 nitrogen and oxygen atoms in total. The third-order valence-corrected chi connectivity index (χ3v) is 9.50. The van der Waals surface area contributed by atoms with Crippen LogP contribution in [0.5, 0.6) is 0 Å². The van der Waals surface area contributed by atoms with E-state index in [9.17, 15) is 9.59 Å². The van der Waals surface area contributed by atoms with Crippen LogP contribution in [0.3, 0.4) is 0 Å². The average molecular weight is 675 g/mol. The first-order chi connectivity index (χ1) is 23.5. The number of hydrogen-bond donors (Lipinski definition) is 1. The van der Waals surface area contributed by atoms with Gasteiger partial charge in [-0.1, -0.05) is 37.2 Å². The van der Waals surface area contributed by atoms with Gasteiger partial charge < -0.3 is 19.2 Å². The topological polar surface area (TPSA) is 170 Å². The predicted molar refractivity (Wildman–Crippen MR) is 186 cm³/mol. The van der Waals surface area contributed by atoms with E-state index in [1.54, 1.807) is 0 Å². The molecule has 1 aromatic heterocycles. The standard InChI is InChI=1S/C36H50N8O5/c1-35(2)10-7-27(8-11-35)31-24-29(6-5-28(31)23-32(45)34-39-26-30(25-37)41-34)36(3,4)44-15-13-43(14-16-44)17-20-49-33(46)9-18-47-21-22-48-19-12-40-42-38/h5-7,24,26H,8-23H2,1-4H3,(H,39,41). The van der Waals surface area contributed by atoms with Crippen molar-refractivity contribution in [3.63, 3.8) is 0 Å². The quantitative estimate of drug-likeness (QED) is 0.0541. The molecule has 0 atom stereocenters. The number of aromatic amines is 1. The van der Waals surface area contributed by atoms with E-state index in [1.807, 2.05) is 6.07 Å². The number of benzene rings is 1. The van der Waals surface area contributed by atoms with Gasteiger partial charge in [-0.05, 0) is 72.4 Å². The molecule has 4 rings (SSSR count). The summed E-state index contributed by atoms with van der Waals surface area (Å²) < 4.78 is 16.1. The molecule has 1 aliphatic carbocycles. The Hall–Kier alpha value is -4.05. The first-order valence-electron chi connectivity index (χ1n) is 17.1. The van der Waals surface area contributed by atoms with Crippen LogP contribution >= 0.6 is 0 Å². The number of nitrogens with zero attached hydrogens (tertiary/aromatic N) is 7. The van der Waals surface area contributed by atoms with Crippen molar-refractivity contribution in [2.24, 2.45) is 10.5 Å². The van der Waals surface area contributed by atoms with Crippen LogP contribution < -0.4 is 0 Å². The summed E-state index contributed by atoms with van der Waals surface area (Å²) in [5.74, 6) is -0.202. The maximum atomic E-state index is 13.2. The number of carbonyl (C=O) groups excluding carboxylic acids is 2. The normalized spacial score (nSPS) is 16.8.